The Balaban J connectivity index is 1.81. The minimum atomic E-state index is 0.821. The van der Waals surface area contributed by atoms with E-state index in [-0.39, 0.29) is 0 Å². The number of nitrogens with zero attached hydrogens (tertiary/aromatic N) is 5. The molecule has 0 saturated heterocycles. The van der Waals surface area contributed by atoms with Gasteiger partial charge in [0.05, 0.1) is 22.1 Å². The number of rotatable bonds is 1. The second-order valence-electron chi connectivity index (χ2n) is 5.13. The lowest BCUT2D eigenvalue weighted by Gasteiger charge is -2.04. The number of aromatic nitrogens is 5. The molecule has 4 heterocycles. The van der Waals surface area contributed by atoms with E-state index in [4.69, 9.17) is 4.98 Å². The fourth-order valence-electron chi connectivity index (χ4n) is 2.72. The molecule has 0 aliphatic carbocycles. The van der Waals surface area contributed by atoms with Gasteiger partial charge in [-0.2, -0.15) is 0 Å². The molecule has 0 saturated carbocycles. The molecule has 5 aromatic rings. The Morgan fingerprint density at radius 1 is 0.826 bits per heavy atom. The maximum Gasteiger partial charge on any atom is 0.145 e. The van der Waals surface area contributed by atoms with Crippen LogP contribution in [0.1, 0.15) is 0 Å². The highest BCUT2D eigenvalue weighted by atomic mass is 32.1. The quantitative estimate of drug-likeness (QED) is 0.470. The number of thiophene rings is 1. The number of para-hydroxylation sites is 1. The van der Waals surface area contributed by atoms with Gasteiger partial charge in [-0.05, 0) is 6.07 Å². The highest BCUT2D eigenvalue weighted by Crippen LogP contribution is 2.32. The van der Waals surface area contributed by atoms with E-state index in [1.165, 1.54) is 0 Å². The van der Waals surface area contributed by atoms with Crippen LogP contribution in [0.4, 0.5) is 0 Å². The summed E-state index contributed by atoms with van der Waals surface area (Å²) in [5.41, 5.74) is 4.42. The fourth-order valence-corrected chi connectivity index (χ4v) is 3.68. The van der Waals surface area contributed by atoms with E-state index in [1.807, 2.05) is 30.3 Å². The zero-order chi connectivity index (χ0) is 15.2. The van der Waals surface area contributed by atoms with Gasteiger partial charge < -0.3 is 0 Å². The van der Waals surface area contributed by atoms with Crippen molar-refractivity contribution in [3.8, 4) is 11.3 Å². The van der Waals surface area contributed by atoms with Gasteiger partial charge in [0.25, 0.3) is 0 Å². The predicted molar refractivity (Wildman–Crippen MR) is 91.2 cm³/mol. The van der Waals surface area contributed by atoms with E-state index in [2.05, 4.69) is 19.9 Å². The fraction of sp³-hybridized carbons (Fsp3) is 0. The van der Waals surface area contributed by atoms with Crippen LogP contribution in [-0.2, 0) is 0 Å². The third kappa shape index (κ3) is 1.89. The van der Waals surface area contributed by atoms with Crippen LogP contribution in [-0.4, -0.2) is 24.9 Å². The zero-order valence-corrected chi connectivity index (χ0v) is 12.7. The third-order valence-corrected chi connectivity index (χ3v) is 4.76. The first kappa shape index (κ1) is 12.5. The van der Waals surface area contributed by atoms with Crippen LogP contribution in [0.25, 0.3) is 42.7 Å². The molecule has 5 rings (SSSR count). The lowest BCUT2D eigenvalue weighted by Crippen LogP contribution is -1.89. The van der Waals surface area contributed by atoms with E-state index >= 15 is 0 Å². The molecule has 108 valence electrons. The highest BCUT2D eigenvalue weighted by Gasteiger charge is 2.12. The summed E-state index contributed by atoms with van der Waals surface area (Å²) in [6.45, 7) is 0. The first-order chi connectivity index (χ1) is 11.4. The van der Waals surface area contributed by atoms with Crippen LogP contribution < -0.4 is 0 Å². The molecular weight excluding hydrogens is 306 g/mol. The summed E-state index contributed by atoms with van der Waals surface area (Å²) < 4.78 is 0.996. The minimum absolute atomic E-state index is 0.821. The summed E-state index contributed by atoms with van der Waals surface area (Å²) >= 11 is 1.56. The Bertz CT molecular complexity index is 1180. The second kappa shape index (κ2) is 4.76. The Labute approximate surface area is 134 Å². The number of hydrogen-bond donors (Lipinski definition) is 0. The van der Waals surface area contributed by atoms with Gasteiger partial charge in [0.1, 0.15) is 22.2 Å². The van der Waals surface area contributed by atoms with Crippen molar-refractivity contribution in [3.05, 3.63) is 55.2 Å². The molecule has 0 aliphatic heterocycles. The molecule has 6 heteroatoms. The lowest BCUT2D eigenvalue weighted by molar-refractivity contribution is 1.23. The Hall–Kier alpha value is -2.99. The van der Waals surface area contributed by atoms with Gasteiger partial charge in [-0.15, -0.1) is 11.3 Å². The third-order valence-electron chi connectivity index (χ3n) is 3.76. The molecular formula is C17H9N5S. The van der Waals surface area contributed by atoms with Gasteiger partial charge in [-0.3, -0.25) is 4.98 Å². The summed E-state index contributed by atoms with van der Waals surface area (Å²) in [4.78, 5) is 23.1. The number of benzene rings is 1. The SMILES string of the molecule is c1cnc2c(-c3cnc4c(n3)sc3cncnc34)cccc2c1. The maximum absolute atomic E-state index is 4.78. The molecule has 1 aromatic carbocycles. The average molecular weight is 315 g/mol. The van der Waals surface area contributed by atoms with Crippen molar-refractivity contribution < 1.29 is 0 Å². The Kier molecular flexibility index (Phi) is 2.59. The van der Waals surface area contributed by atoms with E-state index < -0.39 is 0 Å². The summed E-state index contributed by atoms with van der Waals surface area (Å²) in [6, 6.07) is 10.1. The first-order valence-electron chi connectivity index (χ1n) is 7.09. The van der Waals surface area contributed by atoms with Gasteiger partial charge in [0.15, 0.2) is 0 Å². The van der Waals surface area contributed by atoms with E-state index in [0.717, 1.165) is 42.7 Å². The summed E-state index contributed by atoms with van der Waals surface area (Å²) in [5, 5.41) is 1.09. The number of hydrogen-bond acceptors (Lipinski definition) is 6. The van der Waals surface area contributed by atoms with Gasteiger partial charge in [0, 0.05) is 23.3 Å². The molecule has 0 N–H and O–H groups in total. The van der Waals surface area contributed by atoms with Crippen LogP contribution in [0, 0.1) is 0 Å². The van der Waals surface area contributed by atoms with E-state index in [1.54, 1.807) is 36.3 Å². The zero-order valence-electron chi connectivity index (χ0n) is 11.8. The van der Waals surface area contributed by atoms with Crippen molar-refractivity contribution in [2.45, 2.75) is 0 Å². The van der Waals surface area contributed by atoms with Crippen molar-refractivity contribution in [3.63, 3.8) is 0 Å². The van der Waals surface area contributed by atoms with Crippen LogP contribution in [0.5, 0.6) is 0 Å². The maximum atomic E-state index is 4.78. The number of fused-ring (bicyclic) bond motifs is 4. The molecule has 0 aliphatic rings. The summed E-state index contributed by atoms with van der Waals surface area (Å²) in [6.07, 6.45) is 6.93. The van der Waals surface area contributed by atoms with E-state index in [0.29, 0.717) is 0 Å². The van der Waals surface area contributed by atoms with Crippen molar-refractivity contribution in [1.82, 2.24) is 24.9 Å². The monoisotopic (exact) mass is 315 g/mol. The molecule has 0 radical (unpaired) electrons. The highest BCUT2D eigenvalue weighted by molar-refractivity contribution is 7.25. The van der Waals surface area contributed by atoms with E-state index in [9.17, 15) is 0 Å². The summed E-state index contributed by atoms with van der Waals surface area (Å²) in [5.74, 6) is 0. The minimum Gasteiger partial charge on any atom is -0.256 e. The normalized spacial score (nSPS) is 11.5. The molecule has 0 spiro atoms. The van der Waals surface area contributed by atoms with Crippen molar-refractivity contribution in [2.24, 2.45) is 0 Å². The standard InChI is InChI=1S/C17H9N5S/c1-3-10-4-2-6-19-14(10)11(5-1)12-7-20-16-15-13(8-18-9-21-15)23-17(16)22-12/h1-9H. The molecule has 4 aromatic heterocycles. The Morgan fingerprint density at radius 2 is 1.78 bits per heavy atom. The molecule has 0 atom stereocenters. The average Bonchev–Trinajstić information content (AvgIpc) is 2.99. The van der Waals surface area contributed by atoms with Gasteiger partial charge >= 0.3 is 0 Å². The smallest absolute Gasteiger partial charge is 0.145 e. The van der Waals surface area contributed by atoms with Crippen LogP contribution in [0.2, 0.25) is 0 Å². The topological polar surface area (TPSA) is 64.5 Å². The lowest BCUT2D eigenvalue weighted by atomic mass is 10.1. The van der Waals surface area contributed by atoms with Crippen molar-refractivity contribution in [1.29, 1.82) is 0 Å². The molecule has 0 fully saturated rings. The molecule has 0 amide bonds. The molecule has 5 nitrogen and oxygen atoms in total. The first-order valence-corrected chi connectivity index (χ1v) is 7.91. The summed E-state index contributed by atoms with van der Waals surface area (Å²) in [7, 11) is 0. The Morgan fingerprint density at radius 3 is 2.78 bits per heavy atom. The van der Waals surface area contributed by atoms with Crippen LogP contribution in [0.15, 0.2) is 55.2 Å². The van der Waals surface area contributed by atoms with Gasteiger partial charge in [-0.25, -0.2) is 19.9 Å². The van der Waals surface area contributed by atoms with Crippen molar-refractivity contribution in [2.75, 3.05) is 0 Å². The van der Waals surface area contributed by atoms with Gasteiger partial charge in [0.2, 0.25) is 0 Å². The molecule has 0 unspecified atom stereocenters. The predicted octanol–water partition coefficient (Wildman–Crippen LogP) is 3.85. The largest absolute Gasteiger partial charge is 0.256 e. The van der Waals surface area contributed by atoms with Crippen LogP contribution >= 0.6 is 11.3 Å². The van der Waals surface area contributed by atoms with Crippen LogP contribution in [0.3, 0.4) is 0 Å². The van der Waals surface area contributed by atoms with Crippen molar-refractivity contribution >= 4 is 42.8 Å². The number of pyridine rings is 1. The van der Waals surface area contributed by atoms with Gasteiger partial charge in [-0.1, -0.05) is 24.3 Å². The molecule has 0 bridgehead atoms. The second-order valence-corrected chi connectivity index (χ2v) is 6.16. The molecule has 23 heavy (non-hydrogen) atoms.